The van der Waals surface area contributed by atoms with Crippen molar-refractivity contribution < 1.29 is 0 Å². The fourth-order valence-corrected chi connectivity index (χ4v) is 3.46. The highest BCUT2D eigenvalue weighted by Gasteiger charge is 2.20. The maximum absolute atomic E-state index is 4.09. The standard InChI is InChI=1S/C20H27N3.C2H6/c1-16-6-7-20(22-14-17-8-10-21-11-9-17)19(13-16)18-5-3-4-12-23(2)15-18;1-2/h6-11,13,18,22H,3-5,12,14-15H2,1-2H3;1-2H3. The van der Waals surface area contributed by atoms with Gasteiger partial charge in [0.25, 0.3) is 0 Å². The lowest BCUT2D eigenvalue weighted by molar-refractivity contribution is 0.333. The summed E-state index contributed by atoms with van der Waals surface area (Å²) >= 11 is 0. The Morgan fingerprint density at radius 1 is 1.12 bits per heavy atom. The average Bonchev–Trinajstić information content (AvgIpc) is 2.87. The maximum Gasteiger partial charge on any atom is 0.0402 e. The molecule has 25 heavy (non-hydrogen) atoms. The van der Waals surface area contributed by atoms with Gasteiger partial charge >= 0.3 is 0 Å². The molecule has 0 radical (unpaired) electrons. The summed E-state index contributed by atoms with van der Waals surface area (Å²) in [6.45, 7) is 9.42. The van der Waals surface area contributed by atoms with Gasteiger partial charge in [0.15, 0.2) is 0 Å². The van der Waals surface area contributed by atoms with Gasteiger partial charge in [0, 0.05) is 31.2 Å². The smallest absolute Gasteiger partial charge is 0.0402 e. The number of hydrogen-bond acceptors (Lipinski definition) is 3. The highest BCUT2D eigenvalue weighted by atomic mass is 15.1. The zero-order chi connectivity index (χ0) is 18.1. The minimum absolute atomic E-state index is 0.627. The van der Waals surface area contributed by atoms with Crippen molar-refractivity contribution in [3.63, 3.8) is 0 Å². The van der Waals surface area contributed by atoms with E-state index in [0.717, 1.165) is 13.1 Å². The van der Waals surface area contributed by atoms with E-state index in [9.17, 15) is 0 Å². The average molecular weight is 340 g/mol. The number of benzene rings is 1. The van der Waals surface area contributed by atoms with Crippen LogP contribution in [0.2, 0.25) is 0 Å². The molecule has 0 bridgehead atoms. The second kappa shape index (κ2) is 10.2. The van der Waals surface area contributed by atoms with E-state index in [-0.39, 0.29) is 0 Å². The van der Waals surface area contributed by atoms with Gasteiger partial charge in [-0.15, -0.1) is 0 Å². The lowest BCUT2D eigenvalue weighted by Crippen LogP contribution is -2.23. The van der Waals surface area contributed by atoms with Gasteiger partial charge in [0.05, 0.1) is 0 Å². The molecule has 136 valence electrons. The van der Waals surface area contributed by atoms with Crippen LogP contribution in [0.15, 0.2) is 42.7 Å². The van der Waals surface area contributed by atoms with Crippen LogP contribution in [0, 0.1) is 6.92 Å². The molecule has 3 rings (SSSR count). The molecule has 0 aliphatic carbocycles. The number of aromatic nitrogens is 1. The first kappa shape index (κ1) is 19.5. The molecule has 0 spiro atoms. The molecule has 1 aromatic carbocycles. The SMILES string of the molecule is CC.Cc1ccc(NCc2ccncc2)c(C2CCCCN(C)C2)c1. The van der Waals surface area contributed by atoms with Crippen LogP contribution in [0.5, 0.6) is 0 Å². The number of rotatable bonds is 4. The molecular weight excluding hydrogens is 306 g/mol. The predicted molar refractivity (Wildman–Crippen MR) is 108 cm³/mol. The van der Waals surface area contributed by atoms with E-state index in [0.29, 0.717) is 5.92 Å². The number of nitrogens with one attached hydrogen (secondary N) is 1. The molecule has 2 aromatic rings. The number of aryl methyl sites for hydroxylation is 1. The quantitative estimate of drug-likeness (QED) is 0.827. The maximum atomic E-state index is 4.09. The van der Waals surface area contributed by atoms with E-state index >= 15 is 0 Å². The minimum Gasteiger partial charge on any atom is -0.381 e. The fourth-order valence-electron chi connectivity index (χ4n) is 3.46. The Balaban J connectivity index is 0.00000109. The number of likely N-dealkylation sites (N-methyl/N-ethyl adjacent to an activating group) is 1. The van der Waals surface area contributed by atoms with E-state index in [2.05, 4.69) is 59.5 Å². The lowest BCUT2D eigenvalue weighted by atomic mass is 9.91. The van der Waals surface area contributed by atoms with Gasteiger partial charge in [-0.2, -0.15) is 0 Å². The first-order chi connectivity index (χ1) is 12.2. The van der Waals surface area contributed by atoms with E-state index in [1.54, 1.807) is 0 Å². The molecule has 1 aliphatic rings. The third kappa shape index (κ3) is 5.86. The van der Waals surface area contributed by atoms with Gasteiger partial charge in [-0.3, -0.25) is 4.98 Å². The highest BCUT2D eigenvalue weighted by Crippen LogP contribution is 2.32. The molecule has 1 fully saturated rings. The Kier molecular flexibility index (Phi) is 7.93. The van der Waals surface area contributed by atoms with Crippen LogP contribution < -0.4 is 5.32 Å². The second-order valence-electron chi connectivity index (χ2n) is 6.75. The van der Waals surface area contributed by atoms with Crippen LogP contribution in [0.25, 0.3) is 0 Å². The third-order valence-corrected chi connectivity index (χ3v) is 4.75. The summed E-state index contributed by atoms with van der Waals surface area (Å²) in [6.07, 6.45) is 7.64. The summed E-state index contributed by atoms with van der Waals surface area (Å²) in [5.41, 5.74) is 5.38. The van der Waals surface area contributed by atoms with Crippen LogP contribution in [0.3, 0.4) is 0 Å². The van der Waals surface area contributed by atoms with Gasteiger partial charge in [-0.25, -0.2) is 0 Å². The lowest BCUT2D eigenvalue weighted by Gasteiger charge is -2.24. The molecule has 1 N–H and O–H groups in total. The van der Waals surface area contributed by atoms with Crippen molar-refractivity contribution in [3.05, 3.63) is 59.4 Å². The van der Waals surface area contributed by atoms with Crippen LogP contribution in [-0.4, -0.2) is 30.0 Å². The number of hydrogen-bond donors (Lipinski definition) is 1. The first-order valence-corrected chi connectivity index (χ1v) is 9.64. The van der Waals surface area contributed by atoms with Gasteiger partial charge in [-0.1, -0.05) is 38.0 Å². The topological polar surface area (TPSA) is 28.2 Å². The largest absolute Gasteiger partial charge is 0.381 e. The van der Waals surface area contributed by atoms with Crippen LogP contribution in [-0.2, 0) is 6.54 Å². The summed E-state index contributed by atoms with van der Waals surface area (Å²) < 4.78 is 0. The Labute approximate surface area is 153 Å². The predicted octanol–water partition coefficient (Wildman–Crippen LogP) is 5.23. The van der Waals surface area contributed by atoms with E-state index in [1.807, 2.05) is 26.2 Å². The number of pyridine rings is 1. The second-order valence-corrected chi connectivity index (χ2v) is 6.75. The zero-order valence-electron chi connectivity index (χ0n) is 16.3. The van der Waals surface area contributed by atoms with Crippen LogP contribution in [0.1, 0.15) is 55.7 Å². The summed E-state index contributed by atoms with van der Waals surface area (Å²) in [5.74, 6) is 0.627. The number of likely N-dealkylation sites (tertiary alicyclic amines) is 1. The molecule has 1 unspecified atom stereocenters. The van der Waals surface area contributed by atoms with Crippen LogP contribution >= 0.6 is 0 Å². The van der Waals surface area contributed by atoms with Crippen molar-refractivity contribution in [1.29, 1.82) is 0 Å². The van der Waals surface area contributed by atoms with Gasteiger partial charge < -0.3 is 10.2 Å². The Bertz CT molecular complexity index is 624. The zero-order valence-corrected chi connectivity index (χ0v) is 16.3. The molecule has 3 heteroatoms. The molecule has 1 atom stereocenters. The number of anilines is 1. The van der Waals surface area contributed by atoms with Crippen LogP contribution in [0.4, 0.5) is 5.69 Å². The molecule has 3 nitrogen and oxygen atoms in total. The van der Waals surface area contributed by atoms with Gasteiger partial charge in [0.2, 0.25) is 0 Å². The first-order valence-electron chi connectivity index (χ1n) is 9.64. The normalized spacial score (nSPS) is 18.0. The van der Waals surface area contributed by atoms with Crippen molar-refractivity contribution in [2.45, 2.75) is 52.5 Å². The Morgan fingerprint density at radius 2 is 1.88 bits per heavy atom. The summed E-state index contributed by atoms with van der Waals surface area (Å²) in [7, 11) is 2.25. The monoisotopic (exact) mass is 339 g/mol. The van der Waals surface area contributed by atoms with Crippen molar-refractivity contribution in [2.75, 3.05) is 25.5 Å². The summed E-state index contributed by atoms with van der Waals surface area (Å²) in [5, 5.41) is 3.64. The van der Waals surface area contributed by atoms with E-state index in [1.165, 1.54) is 48.2 Å². The van der Waals surface area contributed by atoms with Gasteiger partial charge in [-0.05, 0) is 68.6 Å². The summed E-state index contributed by atoms with van der Waals surface area (Å²) in [6, 6.07) is 11.0. The molecule has 1 aromatic heterocycles. The molecule has 2 heterocycles. The Morgan fingerprint density at radius 3 is 2.64 bits per heavy atom. The van der Waals surface area contributed by atoms with Crippen molar-refractivity contribution in [1.82, 2.24) is 9.88 Å². The number of nitrogens with zero attached hydrogens (tertiary/aromatic N) is 2. The Hall–Kier alpha value is -1.87. The highest BCUT2D eigenvalue weighted by molar-refractivity contribution is 5.54. The molecule has 0 amide bonds. The fraction of sp³-hybridized carbons (Fsp3) is 0.500. The van der Waals surface area contributed by atoms with Gasteiger partial charge in [0.1, 0.15) is 0 Å². The third-order valence-electron chi connectivity index (χ3n) is 4.75. The minimum atomic E-state index is 0.627. The van der Waals surface area contributed by atoms with Crippen molar-refractivity contribution in [2.24, 2.45) is 0 Å². The van der Waals surface area contributed by atoms with Crippen molar-refractivity contribution >= 4 is 5.69 Å². The molecular formula is C22H33N3. The van der Waals surface area contributed by atoms with E-state index < -0.39 is 0 Å². The molecule has 1 aliphatic heterocycles. The molecule has 0 saturated carbocycles. The molecule has 1 saturated heterocycles. The van der Waals surface area contributed by atoms with Crippen molar-refractivity contribution in [3.8, 4) is 0 Å². The summed E-state index contributed by atoms with van der Waals surface area (Å²) in [4.78, 5) is 6.57. The van der Waals surface area contributed by atoms with E-state index in [4.69, 9.17) is 0 Å².